The molecule has 0 aliphatic rings. The van der Waals surface area contributed by atoms with Gasteiger partial charge in [0.1, 0.15) is 22.5 Å². The summed E-state index contributed by atoms with van der Waals surface area (Å²) in [6, 6.07) is 49.9. The van der Waals surface area contributed by atoms with Gasteiger partial charge in [0.2, 0.25) is 0 Å². The molecule has 11 rings (SSSR count). The van der Waals surface area contributed by atoms with Crippen LogP contribution in [0.2, 0.25) is 0 Å². The molecule has 0 unspecified atom stereocenters. The summed E-state index contributed by atoms with van der Waals surface area (Å²) in [6.45, 7) is 0. The molecule has 0 bridgehead atoms. The molecular formula is C50H30O2. The van der Waals surface area contributed by atoms with Gasteiger partial charge in [-0.05, 0) is 96.0 Å². The number of hydrogen-bond acceptors (Lipinski definition) is 2. The molecule has 2 nitrogen and oxygen atoms in total. The average molecular weight is 668 g/mol. The van der Waals surface area contributed by atoms with Crippen LogP contribution >= 0.6 is 0 Å². The summed E-state index contributed by atoms with van der Waals surface area (Å²) < 4.78 is 55.7. The van der Waals surface area contributed by atoms with E-state index < -0.39 is 6.04 Å². The van der Waals surface area contributed by atoms with Crippen LogP contribution in [-0.4, -0.2) is 0 Å². The van der Waals surface area contributed by atoms with Crippen LogP contribution in [-0.2, 0) is 0 Å². The summed E-state index contributed by atoms with van der Waals surface area (Å²) in [5, 5.41) is 8.77. The fourth-order valence-electron chi connectivity index (χ4n) is 8.17. The fraction of sp³-hybridized carbons (Fsp3) is 0. The fourth-order valence-corrected chi connectivity index (χ4v) is 8.17. The number of rotatable bonds is 4. The van der Waals surface area contributed by atoms with Crippen LogP contribution < -0.4 is 0 Å². The van der Waals surface area contributed by atoms with Crippen molar-refractivity contribution in [2.45, 2.75) is 0 Å². The lowest BCUT2D eigenvalue weighted by Crippen LogP contribution is -1.92. The van der Waals surface area contributed by atoms with Crippen LogP contribution in [0.25, 0.3) is 110 Å². The Morgan fingerprint density at radius 3 is 1.69 bits per heavy atom. The first kappa shape index (κ1) is 24.3. The van der Waals surface area contributed by atoms with Crippen molar-refractivity contribution < 1.29 is 15.7 Å². The lowest BCUT2D eigenvalue weighted by Gasteiger charge is -2.19. The second-order valence-electron chi connectivity index (χ2n) is 13.2. The Bertz CT molecular complexity index is 3400. The Hall–Kier alpha value is -6.90. The summed E-state index contributed by atoms with van der Waals surface area (Å²) in [4.78, 5) is 0. The molecule has 0 radical (unpaired) electrons. The Kier molecular flexibility index (Phi) is 5.28. The van der Waals surface area contributed by atoms with Crippen molar-refractivity contribution in [3.63, 3.8) is 0 Å². The summed E-state index contributed by atoms with van der Waals surface area (Å²) in [7, 11) is 0. The SMILES string of the molecule is [2H]c1c([2H])c([2H])c(-c2c3ccccc3c(-c3cccc4c(-c5ccc6oc(-c7cccc8oc9ccccc9c78)cc6c5)cccc34)c3ccccc23)c([2H])c1[2H]. The van der Waals surface area contributed by atoms with E-state index >= 15 is 0 Å². The molecule has 0 saturated carbocycles. The maximum atomic E-state index is 8.92. The largest absolute Gasteiger partial charge is 0.456 e. The molecular weight excluding hydrogens is 633 g/mol. The van der Waals surface area contributed by atoms with Gasteiger partial charge in [0.05, 0.1) is 6.85 Å². The molecule has 2 aromatic heterocycles. The summed E-state index contributed by atoms with van der Waals surface area (Å²) in [6.07, 6.45) is 0. The van der Waals surface area contributed by atoms with Crippen LogP contribution in [0.5, 0.6) is 0 Å². The van der Waals surface area contributed by atoms with Crippen molar-refractivity contribution in [3.05, 3.63) is 182 Å². The van der Waals surface area contributed by atoms with Gasteiger partial charge in [-0.25, -0.2) is 0 Å². The van der Waals surface area contributed by atoms with Gasteiger partial charge in [0, 0.05) is 21.7 Å². The number of benzene rings is 9. The molecule has 2 heteroatoms. The molecule has 0 atom stereocenters. The van der Waals surface area contributed by atoms with E-state index in [9.17, 15) is 0 Å². The highest BCUT2D eigenvalue weighted by atomic mass is 16.3. The molecule has 0 fully saturated rings. The van der Waals surface area contributed by atoms with E-state index in [0.717, 1.165) is 98.8 Å². The van der Waals surface area contributed by atoms with E-state index in [1.54, 1.807) is 0 Å². The predicted octanol–water partition coefficient (Wildman–Crippen LogP) is 14.5. The molecule has 0 spiro atoms. The van der Waals surface area contributed by atoms with Crippen LogP contribution in [0.15, 0.2) is 191 Å². The van der Waals surface area contributed by atoms with Gasteiger partial charge in [0.25, 0.3) is 0 Å². The van der Waals surface area contributed by atoms with Gasteiger partial charge >= 0.3 is 0 Å². The Morgan fingerprint density at radius 1 is 0.365 bits per heavy atom. The molecule has 0 aliphatic carbocycles. The van der Waals surface area contributed by atoms with Crippen LogP contribution in [0.4, 0.5) is 0 Å². The number of para-hydroxylation sites is 1. The highest BCUT2D eigenvalue weighted by molar-refractivity contribution is 6.24. The lowest BCUT2D eigenvalue weighted by atomic mass is 9.84. The first-order chi connectivity index (χ1) is 27.9. The van der Waals surface area contributed by atoms with Gasteiger partial charge in [-0.2, -0.15) is 0 Å². The molecule has 2 heterocycles. The van der Waals surface area contributed by atoms with Crippen LogP contribution in [0.1, 0.15) is 6.85 Å². The molecule has 52 heavy (non-hydrogen) atoms. The minimum absolute atomic E-state index is 0.202. The zero-order chi connectivity index (χ0) is 38.5. The number of fused-ring (bicyclic) bond motifs is 7. The maximum absolute atomic E-state index is 8.92. The third kappa shape index (κ3) is 4.31. The molecule has 0 saturated heterocycles. The van der Waals surface area contributed by atoms with Crippen molar-refractivity contribution >= 4 is 65.2 Å². The Balaban J connectivity index is 1.10. The van der Waals surface area contributed by atoms with Gasteiger partial charge in [-0.3, -0.25) is 0 Å². The van der Waals surface area contributed by atoms with Crippen molar-refractivity contribution in [1.82, 2.24) is 0 Å². The minimum atomic E-state index is -0.404. The van der Waals surface area contributed by atoms with Crippen LogP contribution in [0, 0.1) is 0 Å². The van der Waals surface area contributed by atoms with Gasteiger partial charge < -0.3 is 8.83 Å². The minimum Gasteiger partial charge on any atom is -0.456 e. The average Bonchev–Trinajstić information content (AvgIpc) is 3.86. The van der Waals surface area contributed by atoms with Crippen molar-refractivity contribution in [3.8, 4) is 44.7 Å². The second-order valence-corrected chi connectivity index (χ2v) is 13.2. The number of furan rings is 2. The molecule has 0 amide bonds. The third-order valence-electron chi connectivity index (χ3n) is 10.4. The van der Waals surface area contributed by atoms with Crippen molar-refractivity contribution in [2.75, 3.05) is 0 Å². The van der Waals surface area contributed by atoms with E-state index in [1.165, 1.54) is 0 Å². The first-order valence-electron chi connectivity index (χ1n) is 19.8. The highest BCUT2D eigenvalue weighted by Gasteiger charge is 2.19. The first-order valence-corrected chi connectivity index (χ1v) is 17.3. The Morgan fingerprint density at radius 2 is 0.942 bits per heavy atom. The van der Waals surface area contributed by atoms with Gasteiger partial charge in [-0.15, -0.1) is 0 Å². The summed E-state index contributed by atoms with van der Waals surface area (Å²) in [5.74, 6) is 0.783. The van der Waals surface area contributed by atoms with E-state index in [0.29, 0.717) is 5.56 Å². The van der Waals surface area contributed by atoms with Crippen molar-refractivity contribution in [2.24, 2.45) is 0 Å². The zero-order valence-corrected chi connectivity index (χ0v) is 27.8. The third-order valence-corrected chi connectivity index (χ3v) is 10.4. The second kappa shape index (κ2) is 11.3. The highest BCUT2D eigenvalue weighted by Crippen LogP contribution is 2.46. The maximum Gasteiger partial charge on any atom is 0.136 e. The summed E-state index contributed by atoms with van der Waals surface area (Å²) >= 11 is 0. The van der Waals surface area contributed by atoms with E-state index in [2.05, 4.69) is 78.9 Å². The topological polar surface area (TPSA) is 26.3 Å². The predicted molar refractivity (Wildman–Crippen MR) is 218 cm³/mol. The Labute approximate surface area is 306 Å². The smallest absolute Gasteiger partial charge is 0.136 e. The van der Waals surface area contributed by atoms with E-state index in [-0.39, 0.29) is 29.7 Å². The molecule has 0 N–H and O–H groups in total. The van der Waals surface area contributed by atoms with E-state index in [4.69, 9.17) is 15.7 Å². The quantitative estimate of drug-likeness (QED) is 0.175. The van der Waals surface area contributed by atoms with E-state index in [1.807, 2.05) is 72.8 Å². The molecule has 9 aromatic carbocycles. The van der Waals surface area contributed by atoms with Crippen molar-refractivity contribution in [1.29, 1.82) is 0 Å². The molecule has 11 aromatic rings. The zero-order valence-electron chi connectivity index (χ0n) is 32.8. The monoisotopic (exact) mass is 667 g/mol. The normalized spacial score (nSPS) is 13.2. The standard InChI is InChI=1S/C50H30O2/c1-2-13-31(14-3-1)48-38-15-4-6-17-40(38)49(41-18-7-5-16-39(41)48)37-23-11-21-35-34(20-10-22-36(35)37)32-27-28-44-33(29-32)30-47(51-44)43-24-12-26-46-50(43)42-19-8-9-25-45(42)52-46/h1-30H/i1D,2D,3D,13D,14D. The van der Waals surface area contributed by atoms with Crippen LogP contribution in [0.3, 0.4) is 0 Å². The van der Waals surface area contributed by atoms with Gasteiger partial charge in [0.15, 0.2) is 0 Å². The summed E-state index contributed by atoms with van der Waals surface area (Å²) in [5.41, 5.74) is 8.52. The molecule has 0 aliphatic heterocycles. The van der Waals surface area contributed by atoms with Gasteiger partial charge in [-0.1, -0.05) is 152 Å². The number of hydrogen-bond donors (Lipinski definition) is 0. The lowest BCUT2D eigenvalue weighted by molar-refractivity contribution is 0.632. The molecule has 242 valence electrons.